The third kappa shape index (κ3) is 5.26. The molecule has 0 radical (unpaired) electrons. The number of aliphatic hydroxyl groups is 1. The molecule has 2 aromatic carbocycles. The van der Waals surface area contributed by atoms with Crippen molar-refractivity contribution in [2.45, 2.75) is 44.2 Å². The van der Waals surface area contributed by atoms with Crippen LogP contribution in [0.4, 0.5) is 0 Å². The van der Waals surface area contributed by atoms with E-state index in [1.54, 1.807) is 0 Å². The molecule has 5 heteroatoms. The number of nitrogens with zero attached hydrogens (tertiary/aromatic N) is 2. The number of benzene rings is 2. The Morgan fingerprint density at radius 2 is 1.68 bits per heavy atom. The van der Waals surface area contributed by atoms with E-state index in [1.165, 1.54) is 37.5 Å². The molecular formula is C23H31BrN2O2. The van der Waals surface area contributed by atoms with E-state index in [0.29, 0.717) is 13.2 Å². The maximum absolute atomic E-state index is 10.4. The molecule has 28 heavy (non-hydrogen) atoms. The Kier molecular flexibility index (Phi) is 6.89. The smallest absolute Gasteiger partial charge is 0.120 e. The first kappa shape index (κ1) is 20.1. The second-order valence-corrected chi connectivity index (χ2v) is 9.16. The highest BCUT2D eigenvalue weighted by Gasteiger charge is 2.25. The molecule has 2 aromatic rings. The van der Waals surface area contributed by atoms with Crippen LogP contribution in [0.5, 0.6) is 5.75 Å². The van der Waals surface area contributed by atoms with Crippen molar-refractivity contribution in [2.75, 3.05) is 39.3 Å². The lowest BCUT2D eigenvalue weighted by Gasteiger charge is -2.41. The van der Waals surface area contributed by atoms with Crippen molar-refractivity contribution in [2.24, 2.45) is 0 Å². The van der Waals surface area contributed by atoms with Crippen LogP contribution in [-0.2, 0) is 0 Å². The van der Waals surface area contributed by atoms with E-state index >= 15 is 0 Å². The first-order valence-electron chi connectivity index (χ1n) is 10.6. The van der Waals surface area contributed by atoms with Gasteiger partial charge in [-0.25, -0.2) is 0 Å². The lowest BCUT2D eigenvalue weighted by atomic mass is 9.94. The van der Waals surface area contributed by atoms with Crippen LogP contribution in [-0.4, -0.2) is 66.4 Å². The summed E-state index contributed by atoms with van der Waals surface area (Å²) in [5, 5.41) is 12.8. The quantitative estimate of drug-likeness (QED) is 0.717. The zero-order valence-electron chi connectivity index (χ0n) is 16.5. The summed E-state index contributed by atoms with van der Waals surface area (Å²) in [6.07, 6.45) is 6.50. The monoisotopic (exact) mass is 446 g/mol. The average molecular weight is 447 g/mol. The second-order valence-electron chi connectivity index (χ2n) is 8.25. The fourth-order valence-electron chi connectivity index (χ4n) is 4.58. The summed E-state index contributed by atoms with van der Waals surface area (Å²) < 4.78 is 6.94. The first-order chi connectivity index (χ1) is 13.7. The van der Waals surface area contributed by atoms with Gasteiger partial charge in [-0.15, -0.1) is 0 Å². The SMILES string of the molecule is OC(COc1ccc2cc(Br)ccc2c1)CN1CCN(C2CCCCC2)CC1. The molecule has 1 aliphatic heterocycles. The summed E-state index contributed by atoms with van der Waals surface area (Å²) in [7, 11) is 0. The Balaban J connectivity index is 1.21. The zero-order valence-corrected chi connectivity index (χ0v) is 18.1. The van der Waals surface area contributed by atoms with Crippen LogP contribution in [0.1, 0.15) is 32.1 Å². The van der Waals surface area contributed by atoms with Crippen LogP contribution in [0.25, 0.3) is 10.8 Å². The van der Waals surface area contributed by atoms with Gasteiger partial charge in [-0.1, -0.05) is 47.3 Å². The fraction of sp³-hybridized carbons (Fsp3) is 0.565. The van der Waals surface area contributed by atoms with Crippen molar-refractivity contribution in [3.05, 3.63) is 40.9 Å². The summed E-state index contributed by atoms with van der Waals surface area (Å²) in [5.41, 5.74) is 0. The molecule has 152 valence electrons. The van der Waals surface area contributed by atoms with Gasteiger partial charge in [-0.05, 0) is 47.9 Å². The summed E-state index contributed by atoms with van der Waals surface area (Å²) in [5.74, 6) is 0.816. The Labute approximate surface area is 176 Å². The lowest BCUT2D eigenvalue weighted by molar-refractivity contribution is 0.0312. The molecule has 1 saturated carbocycles. The Morgan fingerprint density at radius 3 is 2.46 bits per heavy atom. The number of fused-ring (bicyclic) bond motifs is 1. The molecule has 4 nitrogen and oxygen atoms in total. The van der Waals surface area contributed by atoms with E-state index < -0.39 is 6.10 Å². The Morgan fingerprint density at radius 1 is 0.964 bits per heavy atom. The number of piperazine rings is 1. The molecule has 1 aliphatic carbocycles. The predicted molar refractivity (Wildman–Crippen MR) is 118 cm³/mol. The van der Waals surface area contributed by atoms with Crippen molar-refractivity contribution in [3.8, 4) is 5.75 Å². The molecule has 1 saturated heterocycles. The summed E-state index contributed by atoms with van der Waals surface area (Å²) in [4.78, 5) is 5.05. The number of rotatable bonds is 6. The number of β-amino-alcohol motifs (C(OH)–C–C–N with tert-alkyl or cyclic N) is 1. The van der Waals surface area contributed by atoms with Gasteiger partial charge in [0.1, 0.15) is 18.5 Å². The minimum absolute atomic E-state index is 0.338. The maximum Gasteiger partial charge on any atom is 0.120 e. The van der Waals surface area contributed by atoms with Crippen molar-refractivity contribution in [1.29, 1.82) is 0 Å². The Bertz CT molecular complexity index is 770. The predicted octanol–water partition coefficient (Wildman–Crippen LogP) is 4.29. The topological polar surface area (TPSA) is 35.9 Å². The largest absolute Gasteiger partial charge is 0.491 e. The van der Waals surface area contributed by atoms with Gasteiger partial charge in [0, 0.05) is 43.2 Å². The molecule has 0 amide bonds. The van der Waals surface area contributed by atoms with Gasteiger partial charge in [0.25, 0.3) is 0 Å². The Hall–Kier alpha value is -1.14. The lowest BCUT2D eigenvalue weighted by Crippen LogP contribution is -2.52. The van der Waals surface area contributed by atoms with Crippen LogP contribution in [0.3, 0.4) is 0 Å². The van der Waals surface area contributed by atoms with Crippen LogP contribution in [0, 0.1) is 0 Å². The van der Waals surface area contributed by atoms with Crippen LogP contribution in [0.2, 0.25) is 0 Å². The highest BCUT2D eigenvalue weighted by Crippen LogP contribution is 2.25. The van der Waals surface area contributed by atoms with Gasteiger partial charge in [-0.3, -0.25) is 9.80 Å². The van der Waals surface area contributed by atoms with Gasteiger partial charge in [0.2, 0.25) is 0 Å². The average Bonchev–Trinajstić information content (AvgIpc) is 2.73. The minimum atomic E-state index is -0.457. The number of hydrogen-bond donors (Lipinski definition) is 1. The standard InChI is InChI=1S/C23H31BrN2O2/c24-20-8-6-19-15-23(9-7-18(19)14-20)28-17-22(27)16-25-10-12-26(13-11-25)21-4-2-1-3-5-21/h6-9,14-15,21-22,27H,1-5,10-13,16-17H2. The van der Waals surface area contributed by atoms with Crippen molar-refractivity contribution < 1.29 is 9.84 Å². The van der Waals surface area contributed by atoms with Crippen LogP contribution in [0.15, 0.2) is 40.9 Å². The second kappa shape index (κ2) is 9.57. The number of hydrogen-bond acceptors (Lipinski definition) is 4. The van der Waals surface area contributed by atoms with E-state index in [1.807, 2.05) is 18.2 Å². The van der Waals surface area contributed by atoms with E-state index in [4.69, 9.17) is 4.74 Å². The molecule has 1 unspecified atom stereocenters. The molecule has 0 bridgehead atoms. The third-order valence-corrected chi connectivity index (χ3v) is 6.68. The molecule has 1 N–H and O–H groups in total. The van der Waals surface area contributed by atoms with Crippen molar-refractivity contribution >= 4 is 26.7 Å². The van der Waals surface area contributed by atoms with Gasteiger partial charge in [0.05, 0.1) is 0 Å². The zero-order chi connectivity index (χ0) is 19.3. The number of ether oxygens (including phenoxy) is 1. The molecule has 0 spiro atoms. The van der Waals surface area contributed by atoms with Gasteiger partial charge >= 0.3 is 0 Å². The maximum atomic E-state index is 10.4. The summed E-state index contributed by atoms with van der Waals surface area (Å²) >= 11 is 3.50. The summed E-state index contributed by atoms with van der Waals surface area (Å²) in [6.45, 7) is 5.41. The minimum Gasteiger partial charge on any atom is -0.491 e. The highest BCUT2D eigenvalue weighted by atomic mass is 79.9. The van der Waals surface area contributed by atoms with Crippen LogP contribution >= 0.6 is 15.9 Å². The fourth-order valence-corrected chi connectivity index (χ4v) is 4.96. The summed E-state index contributed by atoms with van der Waals surface area (Å²) in [6, 6.07) is 13.1. The molecule has 4 rings (SSSR count). The third-order valence-electron chi connectivity index (χ3n) is 6.18. The number of aliphatic hydroxyl groups excluding tert-OH is 1. The molecular weight excluding hydrogens is 416 g/mol. The van der Waals surface area contributed by atoms with Gasteiger partial charge in [-0.2, -0.15) is 0 Å². The van der Waals surface area contributed by atoms with Crippen LogP contribution < -0.4 is 4.74 Å². The van der Waals surface area contributed by atoms with E-state index in [9.17, 15) is 5.11 Å². The number of halogens is 1. The molecule has 2 fully saturated rings. The normalized spacial score (nSPS) is 21.1. The van der Waals surface area contributed by atoms with E-state index in [-0.39, 0.29) is 0 Å². The highest BCUT2D eigenvalue weighted by molar-refractivity contribution is 9.10. The van der Waals surface area contributed by atoms with Gasteiger partial charge in [0.15, 0.2) is 0 Å². The van der Waals surface area contributed by atoms with Gasteiger partial charge < -0.3 is 9.84 Å². The molecule has 1 heterocycles. The van der Waals surface area contributed by atoms with E-state index in [0.717, 1.165) is 47.8 Å². The van der Waals surface area contributed by atoms with Crippen molar-refractivity contribution in [1.82, 2.24) is 9.80 Å². The van der Waals surface area contributed by atoms with Crippen molar-refractivity contribution in [3.63, 3.8) is 0 Å². The molecule has 0 aromatic heterocycles. The molecule has 1 atom stereocenters. The first-order valence-corrected chi connectivity index (χ1v) is 11.4. The molecule has 2 aliphatic rings. The van der Waals surface area contributed by atoms with E-state index in [2.05, 4.69) is 43.9 Å².